The molecule has 2 aromatic rings. The van der Waals surface area contributed by atoms with Crippen LogP contribution in [0.5, 0.6) is 0 Å². The number of hydrogen-bond donors (Lipinski definition) is 2. The third-order valence-electron chi connectivity index (χ3n) is 2.18. The lowest BCUT2D eigenvalue weighted by Crippen LogP contribution is -1.99. The lowest BCUT2D eigenvalue weighted by molar-refractivity contribution is 1.16. The SMILES string of the molecule is CCNc1cc(Nc2ccccc2)ccn1. The molecule has 0 fully saturated rings. The van der Waals surface area contributed by atoms with Gasteiger partial charge in [0.05, 0.1) is 0 Å². The Hall–Kier alpha value is -2.03. The highest BCUT2D eigenvalue weighted by Gasteiger charge is 1.96. The molecule has 3 nitrogen and oxygen atoms in total. The summed E-state index contributed by atoms with van der Waals surface area (Å²) in [5.74, 6) is 0.892. The highest BCUT2D eigenvalue weighted by Crippen LogP contribution is 2.17. The Bertz CT molecular complexity index is 440. The van der Waals surface area contributed by atoms with Gasteiger partial charge >= 0.3 is 0 Å². The summed E-state index contributed by atoms with van der Waals surface area (Å²) in [5, 5.41) is 6.51. The van der Waals surface area contributed by atoms with E-state index in [1.54, 1.807) is 6.20 Å². The highest BCUT2D eigenvalue weighted by atomic mass is 15.0. The summed E-state index contributed by atoms with van der Waals surface area (Å²) >= 11 is 0. The summed E-state index contributed by atoms with van der Waals surface area (Å²) in [4.78, 5) is 4.22. The van der Waals surface area contributed by atoms with Gasteiger partial charge in [0.2, 0.25) is 0 Å². The van der Waals surface area contributed by atoms with Crippen LogP contribution in [0, 0.1) is 0 Å². The van der Waals surface area contributed by atoms with Gasteiger partial charge in [-0.05, 0) is 25.1 Å². The molecule has 0 amide bonds. The average Bonchev–Trinajstić information content (AvgIpc) is 2.31. The van der Waals surface area contributed by atoms with Crippen LogP contribution in [0.1, 0.15) is 6.92 Å². The van der Waals surface area contributed by atoms with E-state index in [2.05, 4.69) is 22.5 Å². The Labute approximate surface area is 95.5 Å². The second-order valence-electron chi connectivity index (χ2n) is 3.45. The molecule has 3 heteroatoms. The Kier molecular flexibility index (Phi) is 3.38. The maximum Gasteiger partial charge on any atom is 0.127 e. The van der Waals surface area contributed by atoms with Gasteiger partial charge in [-0.3, -0.25) is 0 Å². The fraction of sp³-hybridized carbons (Fsp3) is 0.154. The molecule has 82 valence electrons. The lowest BCUT2D eigenvalue weighted by atomic mass is 10.3. The number of benzene rings is 1. The lowest BCUT2D eigenvalue weighted by Gasteiger charge is -2.08. The zero-order chi connectivity index (χ0) is 11.2. The van der Waals surface area contributed by atoms with Crippen molar-refractivity contribution in [2.24, 2.45) is 0 Å². The van der Waals surface area contributed by atoms with E-state index in [9.17, 15) is 0 Å². The number of anilines is 3. The third-order valence-corrected chi connectivity index (χ3v) is 2.18. The van der Waals surface area contributed by atoms with Gasteiger partial charge in [0.25, 0.3) is 0 Å². The van der Waals surface area contributed by atoms with Crippen LogP contribution in [0.15, 0.2) is 48.7 Å². The van der Waals surface area contributed by atoms with E-state index in [-0.39, 0.29) is 0 Å². The fourth-order valence-corrected chi connectivity index (χ4v) is 1.47. The standard InChI is InChI=1S/C13H15N3/c1-2-14-13-10-12(8-9-15-13)16-11-6-4-3-5-7-11/h3-10H,2H2,1H3,(H2,14,15,16). The average molecular weight is 213 g/mol. The number of aromatic nitrogens is 1. The number of hydrogen-bond acceptors (Lipinski definition) is 3. The minimum atomic E-state index is 0.877. The minimum absolute atomic E-state index is 0.877. The summed E-state index contributed by atoms with van der Waals surface area (Å²) in [5.41, 5.74) is 2.12. The molecule has 0 radical (unpaired) electrons. The third kappa shape index (κ3) is 2.73. The van der Waals surface area contributed by atoms with Crippen molar-refractivity contribution in [2.45, 2.75) is 6.92 Å². The first-order valence-electron chi connectivity index (χ1n) is 5.40. The van der Waals surface area contributed by atoms with Gasteiger partial charge < -0.3 is 10.6 Å². The molecule has 1 heterocycles. The molecular weight excluding hydrogens is 198 g/mol. The van der Waals surface area contributed by atoms with Crippen LogP contribution in [0.4, 0.5) is 17.2 Å². The maximum atomic E-state index is 4.22. The van der Waals surface area contributed by atoms with Gasteiger partial charge in [-0.25, -0.2) is 4.98 Å². The van der Waals surface area contributed by atoms with Crippen molar-refractivity contribution in [1.82, 2.24) is 4.98 Å². The molecule has 0 aliphatic heterocycles. The molecule has 1 aromatic heterocycles. The van der Waals surface area contributed by atoms with Gasteiger partial charge in [-0.15, -0.1) is 0 Å². The van der Waals surface area contributed by atoms with Crippen LogP contribution in [0.2, 0.25) is 0 Å². The predicted molar refractivity (Wildman–Crippen MR) is 68.1 cm³/mol. The second-order valence-corrected chi connectivity index (χ2v) is 3.45. The Balaban J connectivity index is 2.12. The van der Waals surface area contributed by atoms with Gasteiger partial charge in [-0.2, -0.15) is 0 Å². The summed E-state index contributed by atoms with van der Waals surface area (Å²) < 4.78 is 0. The van der Waals surface area contributed by atoms with E-state index >= 15 is 0 Å². The van der Waals surface area contributed by atoms with Crippen molar-refractivity contribution in [2.75, 3.05) is 17.2 Å². The summed E-state index contributed by atoms with van der Waals surface area (Å²) in [7, 11) is 0. The Morgan fingerprint density at radius 1 is 1.06 bits per heavy atom. The van der Waals surface area contributed by atoms with Crippen LogP contribution in [0.3, 0.4) is 0 Å². The monoisotopic (exact) mass is 213 g/mol. The smallest absolute Gasteiger partial charge is 0.127 e. The van der Waals surface area contributed by atoms with E-state index in [1.807, 2.05) is 42.5 Å². The van der Waals surface area contributed by atoms with E-state index in [1.165, 1.54) is 0 Å². The van der Waals surface area contributed by atoms with E-state index in [0.29, 0.717) is 0 Å². The summed E-state index contributed by atoms with van der Waals surface area (Å²) in [6.07, 6.45) is 1.79. The number of para-hydroxylation sites is 1. The molecule has 0 saturated heterocycles. The molecule has 0 atom stereocenters. The van der Waals surface area contributed by atoms with Crippen LogP contribution in [0.25, 0.3) is 0 Å². The van der Waals surface area contributed by atoms with Gasteiger partial charge in [0, 0.05) is 30.2 Å². The zero-order valence-corrected chi connectivity index (χ0v) is 9.27. The van der Waals surface area contributed by atoms with Crippen LogP contribution in [-0.4, -0.2) is 11.5 Å². The van der Waals surface area contributed by atoms with Crippen molar-refractivity contribution in [3.05, 3.63) is 48.7 Å². The molecule has 0 spiro atoms. The van der Waals surface area contributed by atoms with Crippen LogP contribution < -0.4 is 10.6 Å². The van der Waals surface area contributed by atoms with Crippen molar-refractivity contribution in [3.8, 4) is 0 Å². The first kappa shape index (κ1) is 10.5. The molecule has 0 saturated carbocycles. The Morgan fingerprint density at radius 3 is 2.62 bits per heavy atom. The summed E-state index contributed by atoms with van der Waals surface area (Å²) in [6.45, 7) is 2.93. The van der Waals surface area contributed by atoms with E-state index in [4.69, 9.17) is 0 Å². The number of nitrogens with one attached hydrogen (secondary N) is 2. The molecule has 2 rings (SSSR count). The zero-order valence-electron chi connectivity index (χ0n) is 9.27. The largest absolute Gasteiger partial charge is 0.370 e. The van der Waals surface area contributed by atoms with E-state index in [0.717, 1.165) is 23.7 Å². The minimum Gasteiger partial charge on any atom is -0.370 e. The number of rotatable bonds is 4. The molecule has 2 N–H and O–H groups in total. The molecule has 0 bridgehead atoms. The normalized spacial score (nSPS) is 9.81. The molecular formula is C13H15N3. The first-order chi connectivity index (χ1) is 7.88. The maximum absolute atomic E-state index is 4.22. The molecule has 1 aromatic carbocycles. The van der Waals surface area contributed by atoms with E-state index < -0.39 is 0 Å². The van der Waals surface area contributed by atoms with Crippen molar-refractivity contribution in [3.63, 3.8) is 0 Å². The molecule has 16 heavy (non-hydrogen) atoms. The molecule has 0 aliphatic rings. The number of nitrogens with zero attached hydrogens (tertiary/aromatic N) is 1. The predicted octanol–water partition coefficient (Wildman–Crippen LogP) is 3.26. The fourth-order valence-electron chi connectivity index (χ4n) is 1.47. The van der Waals surface area contributed by atoms with Gasteiger partial charge in [-0.1, -0.05) is 18.2 Å². The van der Waals surface area contributed by atoms with Gasteiger partial charge in [0.1, 0.15) is 5.82 Å². The quantitative estimate of drug-likeness (QED) is 0.818. The van der Waals surface area contributed by atoms with Crippen molar-refractivity contribution >= 4 is 17.2 Å². The summed E-state index contributed by atoms with van der Waals surface area (Å²) in [6, 6.07) is 14.0. The second kappa shape index (κ2) is 5.16. The van der Waals surface area contributed by atoms with Crippen molar-refractivity contribution in [1.29, 1.82) is 0 Å². The first-order valence-corrected chi connectivity index (χ1v) is 5.40. The molecule has 0 aliphatic carbocycles. The highest BCUT2D eigenvalue weighted by molar-refractivity contribution is 5.62. The Morgan fingerprint density at radius 2 is 1.88 bits per heavy atom. The van der Waals surface area contributed by atoms with Crippen molar-refractivity contribution < 1.29 is 0 Å². The van der Waals surface area contributed by atoms with Crippen LogP contribution in [-0.2, 0) is 0 Å². The molecule has 0 unspecified atom stereocenters. The number of pyridine rings is 1. The van der Waals surface area contributed by atoms with Crippen LogP contribution >= 0.6 is 0 Å². The topological polar surface area (TPSA) is 37.0 Å². The van der Waals surface area contributed by atoms with Gasteiger partial charge in [0.15, 0.2) is 0 Å².